The van der Waals surface area contributed by atoms with Gasteiger partial charge in [-0.1, -0.05) is 6.07 Å². The van der Waals surface area contributed by atoms with Crippen molar-refractivity contribution in [1.29, 1.82) is 0 Å². The van der Waals surface area contributed by atoms with Crippen LogP contribution in [-0.4, -0.2) is 69.2 Å². The lowest BCUT2D eigenvalue weighted by molar-refractivity contribution is -0.192. The Morgan fingerprint density at radius 2 is 1.66 bits per heavy atom. The van der Waals surface area contributed by atoms with E-state index in [2.05, 4.69) is 19.9 Å². The van der Waals surface area contributed by atoms with Crippen LogP contribution >= 0.6 is 0 Å². The Labute approximate surface area is 183 Å². The number of aliphatic carboxylic acids is 1. The van der Waals surface area contributed by atoms with E-state index in [1.807, 2.05) is 23.1 Å². The predicted molar refractivity (Wildman–Crippen MR) is 109 cm³/mol. The molecule has 1 amide bonds. The maximum Gasteiger partial charge on any atom is 0.490 e. The summed E-state index contributed by atoms with van der Waals surface area (Å²) in [6, 6.07) is 5.70. The second kappa shape index (κ2) is 9.92. The van der Waals surface area contributed by atoms with Crippen LogP contribution in [0.2, 0.25) is 0 Å². The summed E-state index contributed by atoms with van der Waals surface area (Å²) < 4.78 is 31.7. The summed E-state index contributed by atoms with van der Waals surface area (Å²) in [6.45, 7) is 3.69. The molecule has 0 saturated carbocycles. The highest BCUT2D eigenvalue weighted by Crippen LogP contribution is 2.41. The number of rotatable bonds is 3. The number of likely N-dealkylation sites (tertiary alicyclic amines) is 1. The number of carbonyl (C=O) groups is 2. The van der Waals surface area contributed by atoms with Crippen LogP contribution in [0.1, 0.15) is 24.8 Å². The third-order valence-electron chi connectivity index (χ3n) is 5.77. The predicted octanol–water partition coefficient (Wildman–Crippen LogP) is 2.57. The van der Waals surface area contributed by atoms with Gasteiger partial charge in [-0.05, 0) is 42.4 Å². The minimum Gasteiger partial charge on any atom is -0.475 e. The van der Waals surface area contributed by atoms with Gasteiger partial charge < -0.3 is 14.9 Å². The van der Waals surface area contributed by atoms with Gasteiger partial charge in [0.25, 0.3) is 0 Å². The molecule has 0 atom stereocenters. The standard InChI is InChI=1S/C19H23N5O.C2HF3O2/c25-17(13-16-3-1-7-20-14-16)24-12-6-19(15-24)4-10-23(11-5-19)18-21-8-2-9-22-18;3-2(4,5)1(6)7/h1-3,7-9,14H,4-6,10-13,15H2;(H,6,7). The number of anilines is 1. The van der Waals surface area contributed by atoms with Gasteiger partial charge in [0, 0.05) is 51.0 Å². The first kappa shape index (κ1) is 23.4. The van der Waals surface area contributed by atoms with Gasteiger partial charge in [0.1, 0.15) is 0 Å². The lowest BCUT2D eigenvalue weighted by atomic mass is 9.78. The van der Waals surface area contributed by atoms with Crippen LogP contribution in [-0.2, 0) is 16.0 Å². The number of amides is 1. The van der Waals surface area contributed by atoms with Crippen LogP contribution in [0.3, 0.4) is 0 Å². The van der Waals surface area contributed by atoms with Gasteiger partial charge in [0.05, 0.1) is 6.42 Å². The van der Waals surface area contributed by atoms with Crippen molar-refractivity contribution in [3.63, 3.8) is 0 Å². The number of hydrogen-bond acceptors (Lipinski definition) is 6. The van der Waals surface area contributed by atoms with Crippen LogP contribution in [0, 0.1) is 5.41 Å². The first-order valence-electron chi connectivity index (χ1n) is 10.2. The van der Waals surface area contributed by atoms with Crippen molar-refractivity contribution in [1.82, 2.24) is 19.9 Å². The second-order valence-electron chi connectivity index (χ2n) is 7.94. The summed E-state index contributed by atoms with van der Waals surface area (Å²) in [7, 11) is 0. The van der Waals surface area contributed by atoms with Crippen LogP contribution in [0.4, 0.5) is 19.1 Å². The molecule has 2 aliphatic heterocycles. The van der Waals surface area contributed by atoms with E-state index in [1.54, 1.807) is 24.8 Å². The average molecular weight is 451 g/mol. The monoisotopic (exact) mass is 451 g/mol. The summed E-state index contributed by atoms with van der Waals surface area (Å²) in [6.07, 6.45) is 5.78. The Kier molecular flexibility index (Phi) is 7.26. The van der Waals surface area contributed by atoms with Crippen molar-refractivity contribution in [2.75, 3.05) is 31.1 Å². The van der Waals surface area contributed by atoms with Gasteiger partial charge in [-0.2, -0.15) is 13.2 Å². The topological polar surface area (TPSA) is 99.5 Å². The normalized spacial score (nSPS) is 17.6. The van der Waals surface area contributed by atoms with Crippen molar-refractivity contribution in [2.24, 2.45) is 5.41 Å². The van der Waals surface area contributed by atoms with Crippen molar-refractivity contribution in [2.45, 2.75) is 31.9 Å². The van der Waals surface area contributed by atoms with Gasteiger partial charge >= 0.3 is 12.1 Å². The molecule has 4 heterocycles. The van der Waals surface area contributed by atoms with Crippen LogP contribution < -0.4 is 4.90 Å². The molecule has 2 aromatic heterocycles. The molecular formula is C21H24F3N5O3. The largest absolute Gasteiger partial charge is 0.490 e. The average Bonchev–Trinajstić information content (AvgIpc) is 3.19. The smallest absolute Gasteiger partial charge is 0.475 e. The van der Waals surface area contributed by atoms with Crippen LogP contribution in [0.5, 0.6) is 0 Å². The van der Waals surface area contributed by atoms with Crippen molar-refractivity contribution < 1.29 is 27.9 Å². The Balaban J connectivity index is 0.000000360. The molecule has 1 N–H and O–H groups in total. The Morgan fingerprint density at radius 1 is 1.03 bits per heavy atom. The maximum atomic E-state index is 12.6. The summed E-state index contributed by atoms with van der Waals surface area (Å²) in [5, 5.41) is 7.12. The van der Waals surface area contributed by atoms with Gasteiger partial charge in [-0.25, -0.2) is 14.8 Å². The van der Waals surface area contributed by atoms with E-state index in [0.717, 1.165) is 57.0 Å². The zero-order valence-corrected chi connectivity index (χ0v) is 17.3. The minimum atomic E-state index is -5.08. The Hall–Kier alpha value is -3.24. The number of aromatic nitrogens is 3. The molecule has 4 rings (SSSR count). The van der Waals surface area contributed by atoms with E-state index in [1.165, 1.54) is 0 Å². The first-order valence-corrected chi connectivity index (χ1v) is 10.2. The molecule has 11 heteroatoms. The summed E-state index contributed by atoms with van der Waals surface area (Å²) in [5.41, 5.74) is 1.26. The Morgan fingerprint density at radius 3 is 2.22 bits per heavy atom. The molecule has 2 aliphatic rings. The van der Waals surface area contributed by atoms with Crippen molar-refractivity contribution in [3.8, 4) is 0 Å². The number of hydrogen-bond donors (Lipinski definition) is 1. The molecule has 172 valence electrons. The first-order chi connectivity index (χ1) is 15.2. The fourth-order valence-electron chi connectivity index (χ4n) is 3.98. The number of carboxylic acids is 1. The molecule has 32 heavy (non-hydrogen) atoms. The number of carboxylic acid groups (broad SMARTS) is 1. The van der Waals surface area contributed by atoms with E-state index in [-0.39, 0.29) is 11.3 Å². The molecule has 2 fully saturated rings. The van der Waals surface area contributed by atoms with E-state index in [9.17, 15) is 18.0 Å². The fourth-order valence-corrected chi connectivity index (χ4v) is 3.98. The third-order valence-corrected chi connectivity index (χ3v) is 5.77. The van der Waals surface area contributed by atoms with E-state index in [0.29, 0.717) is 6.42 Å². The molecule has 2 saturated heterocycles. The van der Waals surface area contributed by atoms with Crippen molar-refractivity contribution >= 4 is 17.8 Å². The number of carbonyl (C=O) groups excluding carboxylic acids is 1. The maximum absolute atomic E-state index is 12.6. The molecule has 0 radical (unpaired) electrons. The van der Waals surface area contributed by atoms with E-state index in [4.69, 9.17) is 9.90 Å². The lowest BCUT2D eigenvalue weighted by Crippen LogP contribution is -2.43. The van der Waals surface area contributed by atoms with Gasteiger partial charge in [0.2, 0.25) is 11.9 Å². The number of piperidine rings is 1. The summed E-state index contributed by atoms with van der Waals surface area (Å²) in [4.78, 5) is 38.6. The zero-order valence-electron chi connectivity index (χ0n) is 17.3. The molecule has 2 aromatic rings. The van der Waals surface area contributed by atoms with E-state index < -0.39 is 12.1 Å². The number of nitrogens with zero attached hydrogens (tertiary/aromatic N) is 5. The third kappa shape index (κ3) is 6.14. The van der Waals surface area contributed by atoms with Gasteiger partial charge in [-0.3, -0.25) is 9.78 Å². The highest BCUT2D eigenvalue weighted by molar-refractivity contribution is 5.79. The highest BCUT2D eigenvalue weighted by atomic mass is 19.4. The molecule has 1 spiro atoms. The molecule has 0 unspecified atom stereocenters. The second-order valence-corrected chi connectivity index (χ2v) is 7.94. The Bertz CT molecular complexity index is 904. The van der Waals surface area contributed by atoms with Gasteiger partial charge in [-0.15, -0.1) is 0 Å². The molecule has 0 bridgehead atoms. The SMILES string of the molecule is O=C(Cc1cccnc1)N1CCC2(CCN(c3ncccn3)CC2)C1.O=C(O)C(F)(F)F. The lowest BCUT2D eigenvalue weighted by Gasteiger charge is -2.39. The van der Waals surface area contributed by atoms with E-state index >= 15 is 0 Å². The number of pyridine rings is 1. The fraction of sp³-hybridized carbons (Fsp3) is 0.476. The van der Waals surface area contributed by atoms with Crippen LogP contribution in [0.25, 0.3) is 0 Å². The summed E-state index contributed by atoms with van der Waals surface area (Å²) in [5.74, 6) is -1.72. The van der Waals surface area contributed by atoms with Crippen molar-refractivity contribution in [3.05, 3.63) is 48.5 Å². The number of halogens is 3. The highest BCUT2D eigenvalue weighted by Gasteiger charge is 2.42. The van der Waals surface area contributed by atoms with Gasteiger partial charge in [0.15, 0.2) is 0 Å². The molecule has 8 nitrogen and oxygen atoms in total. The minimum absolute atomic E-state index is 0.221. The quantitative estimate of drug-likeness (QED) is 0.766. The zero-order chi connectivity index (χ0) is 23.2. The number of alkyl halides is 3. The molecule has 0 aliphatic carbocycles. The van der Waals surface area contributed by atoms with Crippen LogP contribution in [0.15, 0.2) is 43.0 Å². The molecule has 0 aromatic carbocycles. The summed E-state index contributed by atoms with van der Waals surface area (Å²) >= 11 is 0. The molecular weight excluding hydrogens is 427 g/mol.